The minimum atomic E-state index is -1.39. The first kappa shape index (κ1) is 11.9. The molecule has 8 heteroatoms. The van der Waals surface area contributed by atoms with Crippen molar-refractivity contribution >= 4 is 45.6 Å². The van der Waals surface area contributed by atoms with Crippen LogP contribution in [-0.2, 0) is 28.7 Å². The Kier molecular flexibility index (Phi) is 5.01. The zero-order valence-electron chi connectivity index (χ0n) is 5.91. The molecule has 0 saturated heterocycles. The van der Waals surface area contributed by atoms with Gasteiger partial charge in [-0.05, 0) is 23.2 Å². The SMILES string of the molecule is O=C(Cl)C(=O)OCOC(=O)C(=O)Cl. The number of carbonyl (C=O) groups excluding carboxylic acids is 4. The molecule has 0 aliphatic rings. The lowest BCUT2D eigenvalue weighted by Gasteiger charge is -2.00. The molecular weight excluding hydrogens is 227 g/mol. The molecule has 0 rings (SSSR count). The van der Waals surface area contributed by atoms with E-state index in [0.717, 1.165) is 0 Å². The van der Waals surface area contributed by atoms with Gasteiger partial charge in [-0.15, -0.1) is 0 Å². The van der Waals surface area contributed by atoms with Gasteiger partial charge in [-0.2, -0.15) is 0 Å². The number of esters is 2. The Morgan fingerprint density at radius 3 is 1.38 bits per heavy atom. The fraction of sp³-hybridized carbons (Fsp3) is 0.200. The van der Waals surface area contributed by atoms with Crippen LogP contribution in [0.5, 0.6) is 0 Å². The van der Waals surface area contributed by atoms with E-state index in [0.29, 0.717) is 0 Å². The van der Waals surface area contributed by atoms with E-state index in [4.69, 9.17) is 0 Å². The van der Waals surface area contributed by atoms with E-state index < -0.39 is 29.2 Å². The van der Waals surface area contributed by atoms with E-state index in [1.54, 1.807) is 0 Å². The third kappa shape index (κ3) is 5.15. The average molecular weight is 229 g/mol. The van der Waals surface area contributed by atoms with E-state index in [9.17, 15) is 19.2 Å². The van der Waals surface area contributed by atoms with E-state index in [-0.39, 0.29) is 0 Å². The van der Waals surface area contributed by atoms with Crippen LogP contribution < -0.4 is 0 Å². The maximum atomic E-state index is 10.3. The van der Waals surface area contributed by atoms with Crippen molar-refractivity contribution in [2.45, 2.75) is 0 Å². The van der Waals surface area contributed by atoms with Crippen LogP contribution in [-0.4, -0.2) is 29.2 Å². The lowest BCUT2D eigenvalue weighted by Crippen LogP contribution is -2.19. The molecule has 0 atom stereocenters. The van der Waals surface area contributed by atoms with E-state index in [1.807, 2.05) is 0 Å². The van der Waals surface area contributed by atoms with Crippen LogP contribution in [0.25, 0.3) is 0 Å². The molecule has 13 heavy (non-hydrogen) atoms. The summed E-state index contributed by atoms with van der Waals surface area (Å²) in [5.41, 5.74) is 0. The van der Waals surface area contributed by atoms with Crippen LogP contribution in [0.3, 0.4) is 0 Å². The molecule has 0 heterocycles. The quantitative estimate of drug-likeness (QED) is 0.281. The number of ether oxygens (including phenoxy) is 2. The van der Waals surface area contributed by atoms with Crippen molar-refractivity contribution in [3.63, 3.8) is 0 Å². The fourth-order valence-corrected chi connectivity index (χ4v) is 0.359. The number of hydrogen-bond acceptors (Lipinski definition) is 6. The minimum absolute atomic E-state index is 0.894. The monoisotopic (exact) mass is 228 g/mol. The van der Waals surface area contributed by atoms with Gasteiger partial charge < -0.3 is 9.47 Å². The molecule has 0 aromatic carbocycles. The summed E-state index contributed by atoms with van der Waals surface area (Å²) >= 11 is 9.32. The van der Waals surface area contributed by atoms with Gasteiger partial charge >= 0.3 is 22.4 Å². The van der Waals surface area contributed by atoms with Gasteiger partial charge in [0.15, 0.2) is 0 Å². The van der Waals surface area contributed by atoms with Crippen molar-refractivity contribution in [2.75, 3.05) is 6.79 Å². The first-order chi connectivity index (χ1) is 5.95. The van der Waals surface area contributed by atoms with Gasteiger partial charge in [-0.1, -0.05) is 0 Å². The molecule has 0 aliphatic heterocycles. The molecule has 0 bridgehead atoms. The third-order valence-electron chi connectivity index (χ3n) is 0.701. The average Bonchev–Trinajstić information content (AvgIpc) is 2.03. The van der Waals surface area contributed by atoms with Crippen LogP contribution in [0.15, 0.2) is 0 Å². The van der Waals surface area contributed by atoms with E-state index in [1.165, 1.54) is 0 Å². The van der Waals surface area contributed by atoms with Crippen LogP contribution in [0.1, 0.15) is 0 Å². The third-order valence-corrected chi connectivity index (χ3v) is 1.01. The van der Waals surface area contributed by atoms with Gasteiger partial charge in [0, 0.05) is 0 Å². The molecule has 0 radical (unpaired) electrons. The number of halogens is 2. The Labute approximate surface area is 81.7 Å². The first-order valence-electron chi connectivity index (χ1n) is 2.68. The highest BCUT2D eigenvalue weighted by Gasteiger charge is 2.15. The Balaban J connectivity index is 3.69. The zero-order chi connectivity index (χ0) is 10.4. The van der Waals surface area contributed by atoms with Gasteiger partial charge in [0.05, 0.1) is 0 Å². The first-order valence-corrected chi connectivity index (χ1v) is 3.44. The van der Waals surface area contributed by atoms with Gasteiger partial charge in [-0.3, -0.25) is 9.59 Å². The second-order valence-electron chi connectivity index (χ2n) is 1.53. The maximum Gasteiger partial charge on any atom is 0.394 e. The topological polar surface area (TPSA) is 86.7 Å². The zero-order valence-corrected chi connectivity index (χ0v) is 7.42. The normalized spacial score (nSPS) is 8.77. The Bertz CT molecular complexity index is 234. The number of hydrogen-bond donors (Lipinski definition) is 0. The lowest BCUT2D eigenvalue weighted by molar-refractivity contribution is -0.170. The number of rotatable bonds is 4. The largest absolute Gasteiger partial charge is 0.421 e. The molecule has 6 nitrogen and oxygen atoms in total. The summed E-state index contributed by atoms with van der Waals surface area (Å²) < 4.78 is 7.90. The molecule has 0 amide bonds. The van der Waals surface area contributed by atoms with Crippen molar-refractivity contribution in [1.29, 1.82) is 0 Å². The maximum absolute atomic E-state index is 10.3. The Morgan fingerprint density at radius 1 is 0.846 bits per heavy atom. The highest BCUT2D eigenvalue weighted by atomic mass is 35.5. The summed E-state index contributed by atoms with van der Waals surface area (Å²) in [6, 6.07) is 0. The van der Waals surface area contributed by atoms with Crippen LogP contribution in [0.2, 0.25) is 0 Å². The van der Waals surface area contributed by atoms with E-state index in [2.05, 4.69) is 32.7 Å². The standard InChI is InChI=1S/C5H2Cl2O6/c6-2(8)4(10)12-1-13-5(11)3(7)9/h1H2. The number of carbonyl (C=O) groups is 4. The van der Waals surface area contributed by atoms with Gasteiger partial charge in [0.2, 0.25) is 6.79 Å². The van der Waals surface area contributed by atoms with Crippen molar-refractivity contribution in [1.82, 2.24) is 0 Å². The highest BCUT2D eigenvalue weighted by Crippen LogP contribution is 1.90. The van der Waals surface area contributed by atoms with Crippen LogP contribution in [0, 0.1) is 0 Å². The molecule has 72 valence electrons. The lowest BCUT2D eigenvalue weighted by atomic mass is 10.8. The molecule has 0 aromatic rings. The summed E-state index contributed by atoms with van der Waals surface area (Å²) in [7, 11) is 0. The highest BCUT2D eigenvalue weighted by molar-refractivity contribution is 6.80. The van der Waals surface area contributed by atoms with Crippen molar-refractivity contribution in [3.05, 3.63) is 0 Å². The van der Waals surface area contributed by atoms with E-state index >= 15 is 0 Å². The van der Waals surface area contributed by atoms with Crippen LogP contribution in [0.4, 0.5) is 0 Å². The minimum Gasteiger partial charge on any atom is -0.421 e. The summed E-state index contributed by atoms with van der Waals surface area (Å²) in [5, 5.41) is -2.73. The smallest absolute Gasteiger partial charge is 0.394 e. The summed E-state index contributed by atoms with van der Waals surface area (Å²) in [5.74, 6) is -2.78. The molecular formula is C5H2Cl2O6. The fourth-order valence-electron chi connectivity index (χ4n) is 0.250. The predicted molar refractivity (Wildman–Crippen MR) is 38.8 cm³/mol. The van der Waals surface area contributed by atoms with Crippen molar-refractivity contribution in [3.8, 4) is 0 Å². The second kappa shape index (κ2) is 5.50. The van der Waals surface area contributed by atoms with Gasteiger partial charge in [-0.25, -0.2) is 9.59 Å². The molecule has 0 saturated carbocycles. The molecule has 0 aliphatic carbocycles. The Hall–Kier alpha value is -1.14. The molecule has 0 spiro atoms. The van der Waals surface area contributed by atoms with Crippen molar-refractivity contribution < 1.29 is 28.7 Å². The second-order valence-corrected chi connectivity index (χ2v) is 2.22. The van der Waals surface area contributed by atoms with Gasteiger partial charge in [0.25, 0.3) is 0 Å². The van der Waals surface area contributed by atoms with Crippen LogP contribution >= 0.6 is 23.2 Å². The van der Waals surface area contributed by atoms with Crippen molar-refractivity contribution in [2.24, 2.45) is 0 Å². The summed E-state index contributed by atoms with van der Waals surface area (Å²) in [6.07, 6.45) is 0. The molecule has 0 unspecified atom stereocenters. The molecule has 0 N–H and O–H groups in total. The Morgan fingerprint density at radius 2 is 1.15 bits per heavy atom. The molecule has 0 fully saturated rings. The summed E-state index contributed by atoms with van der Waals surface area (Å²) in [4.78, 5) is 40.6. The predicted octanol–water partition coefficient (Wildman–Crippen LogP) is -0.439. The molecule has 0 aromatic heterocycles. The van der Waals surface area contributed by atoms with Gasteiger partial charge in [0.1, 0.15) is 0 Å². The summed E-state index contributed by atoms with van der Waals surface area (Å²) in [6.45, 7) is -0.894.